The van der Waals surface area contributed by atoms with E-state index < -0.39 is 0 Å². The molecule has 0 saturated carbocycles. The molecule has 1 aromatic rings. The van der Waals surface area contributed by atoms with Crippen LogP contribution in [0.1, 0.15) is 32.6 Å². The molecule has 0 bridgehead atoms. The predicted octanol–water partition coefficient (Wildman–Crippen LogP) is 3.04. The molecule has 2 rings (SSSR count). The number of anilines is 1. The van der Waals surface area contributed by atoms with E-state index >= 15 is 0 Å². The van der Waals surface area contributed by atoms with Crippen molar-refractivity contribution in [1.82, 2.24) is 10.3 Å². The second-order valence-electron chi connectivity index (χ2n) is 4.02. The van der Waals surface area contributed by atoms with Crippen molar-refractivity contribution in [3.05, 3.63) is 18.5 Å². The van der Waals surface area contributed by atoms with Crippen LogP contribution in [0.15, 0.2) is 27.8 Å². The number of pyridine rings is 1. The summed E-state index contributed by atoms with van der Waals surface area (Å²) in [7, 11) is 0. The molecule has 0 aliphatic carbocycles. The molecule has 0 radical (unpaired) electrons. The first-order chi connectivity index (χ1) is 8.40. The third-order valence-corrected chi connectivity index (χ3v) is 3.39. The standard InChI is InChI=1S/C12H18N4S/c1-2-3-4-5-7-14-12-15-10-6-8-13-9-11(10)17-16-12/h6,8-9H,2-5,7H2,1H3,(H2,14,15,16). The molecule has 1 aromatic heterocycles. The Bertz CT molecular complexity index is 392. The molecule has 5 heteroatoms. The van der Waals surface area contributed by atoms with Crippen LogP contribution in [0.4, 0.5) is 5.69 Å². The average molecular weight is 250 g/mol. The maximum absolute atomic E-state index is 4.36. The lowest BCUT2D eigenvalue weighted by molar-refractivity contribution is 0.654. The lowest BCUT2D eigenvalue weighted by atomic mass is 10.2. The summed E-state index contributed by atoms with van der Waals surface area (Å²) in [5.41, 5.74) is 1.08. The molecule has 0 spiro atoms. The molecule has 0 atom stereocenters. The largest absolute Gasteiger partial charge is 0.355 e. The van der Waals surface area contributed by atoms with Crippen molar-refractivity contribution in [3.63, 3.8) is 0 Å². The molecule has 2 heterocycles. The molecule has 0 amide bonds. The Morgan fingerprint density at radius 1 is 1.35 bits per heavy atom. The Morgan fingerprint density at radius 3 is 3.18 bits per heavy atom. The van der Waals surface area contributed by atoms with Crippen LogP contribution < -0.4 is 10.6 Å². The molecule has 0 fully saturated rings. The smallest absolute Gasteiger partial charge is 0.207 e. The molecule has 1 aliphatic heterocycles. The van der Waals surface area contributed by atoms with Gasteiger partial charge in [0.15, 0.2) is 0 Å². The van der Waals surface area contributed by atoms with Crippen molar-refractivity contribution in [2.24, 2.45) is 4.40 Å². The highest BCUT2D eigenvalue weighted by Crippen LogP contribution is 2.29. The Morgan fingerprint density at radius 2 is 2.29 bits per heavy atom. The van der Waals surface area contributed by atoms with Gasteiger partial charge in [0.2, 0.25) is 5.96 Å². The van der Waals surface area contributed by atoms with Crippen molar-refractivity contribution >= 4 is 23.6 Å². The maximum atomic E-state index is 4.36. The summed E-state index contributed by atoms with van der Waals surface area (Å²) in [6.45, 7) is 3.20. The number of aromatic nitrogens is 1. The van der Waals surface area contributed by atoms with Crippen molar-refractivity contribution in [2.75, 3.05) is 11.9 Å². The number of unbranched alkanes of at least 4 members (excludes halogenated alkanes) is 3. The number of rotatable bonds is 5. The van der Waals surface area contributed by atoms with Gasteiger partial charge in [-0.3, -0.25) is 4.98 Å². The summed E-state index contributed by atoms with van der Waals surface area (Å²) in [6, 6.07) is 1.97. The highest BCUT2D eigenvalue weighted by atomic mass is 32.2. The molecule has 2 N–H and O–H groups in total. The maximum Gasteiger partial charge on any atom is 0.207 e. The lowest BCUT2D eigenvalue weighted by Gasteiger charge is -2.17. The van der Waals surface area contributed by atoms with Crippen LogP contribution in [0.25, 0.3) is 0 Å². The fourth-order valence-corrected chi connectivity index (χ4v) is 2.26. The van der Waals surface area contributed by atoms with Gasteiger partial charge in [-0.25, -0.2) is 0 Å². The zero-order valence-electron chi connectivity index (χ0n) is 10.1. The van der Waals surface area contributed by atoms with E-state index in [0.29, 0.717) is 0 Å². The van der Waals surface area contributed by atoms with E-state index in [-0.39, 0.29) is 0 Å². The van der Waals surface area contributed by atoms with Gasteiger partial charge >= 0.3 is 0 Å². The molecule has 4 nitrogen and oxygen atoms in total. The quantitative estimate of drug-likeness (QED) is 0.623. The minimum Gasteiger partial charge on any atom is -0.355 e. The SMILES string of the molecule is CCCCCCNC1=NSc2cnccc2N1. The Labute approximate surface area is 106 Å². The molecular weight excluding hydrogens is 232 g/mol. The summed E-state index contributed by atoms with van der Waals surface area (Å²) >= 11 is 1.47. The number of fused-ring (bicyclic) bond motifs is 1. The topological polar surface area (TPSA) is 49.3 Å². The minimum atomic E-state index is 0.852. The van der Waals surface area contributed by atoms with Crippen LogP contribution in [-0.2, 0) is 0 Å². The second-order valence-corrected chi connectivity index (χ2v) is 4.82. The van der Waals surface area contributed by atoms with Gasteiger partial charge in [0.1, 0.15) is 0 Å². The van der Waals surface area contributed by atoms with Gasteiger partial charge in [0.25, 0.3) is 0 Å². The predicted molar refractivity (Wildman–Crippen MR) is 73.3 cm³/mol. The summed E-state index contributed by atoms with van der Waals surface area (Å²) < 4.78 is 4.36. The van der Waals surface area contributed by atoms with E-state index in [0.717, 1.165) is 23.1 Å². The third kappa shape index (κ3) is 3.63. The van der Waals surface area contributed by atoms with Crippen molar-refractivity contribution in [3.8, 4) is 0 Å². The van der Waals surface area contributed by atoms with Crippen LogP contribution in [0.5, 0.6) is 0 Å². The van der Waals surface area contributed by atoms with E-state index in [1.54, 1.807) is 6.20 Å². The number of guanidine groups is 1. The summed E-state index contributed by atoms with van der Waals surface area (Å²) in [5.74, 6) is 0.852. The van der Waals surface area contributed by atoms with Crippen LogP contribution in [-0.4, -0.2) is 17.5 Å². The van der Waals surface area contributed by atoms with Gasteiger partial charge in [0, 0.05) is 30.9 Å². The first-order valence-corrected chi connectivity index (χ1v) is 6.87. The first-order valence-electron chi connectivity index (χ1n) is 6.10. The highest BCUT2D eigenvalue weighted by molar-refractivity contribution is 7.98. The van der Waals surface area contributed by atoms with Gasteiger partial charge < -0.3 is 10.6 Å². The normalized spacial score (nSPS) is 13.6. The second kappa shape index (κ2) is 6.49. The van der Waals surface area contributed by atoms with Gasteiger partial charge in [-0.2, -0.15) is 4.40 Å². The Balaban J connectivity index is 1.75. The molecule has 0 saturated heterocycles. The van der Waals surface area contributed by atoms with Crippen LogP contribution >= 0.6 is 11.9 Å². The number of hydrogen-bond donors (Lipinski definition) is 2. The first kappa shape index (κ1) is 12.2. The van der Waals surface area contributed by atoms with E-state index in [1.165, 1.54) is 37.6 Å². The van der Waals surface area contributed by atoms with Crippen molar-refractivity contribution < 1.29 is 0 Å². The summed E-state index contributed by atoms with van der Waals surface area (Å²) in [5, 5.41) is 6.58. The zero-order valence-corrected chi connectivity index (χ0v) is 10.9. The van der Waals surface area contributed by atoms with Gasteiger partial charge in [0.05, 0.1) is 10.6 Å². The van der Waals surface area contributed by atoms with Gasteiger partial charge in [-0.15, -0.1) is 0 Å². The fourth-order valence-electron chi connectivity index (χ4n) is 1.64. The Hall–Kier alpha value is -1.23. The van der Waals surface area contributed by atoms with E-state index in [4.69, 9.17) is 0 Å². The summed E-state index contributed by atoms with van der Waals surface area (Å²) in [4.78, 5) is 5.14. The van der Waals surface area contributed by atoms with Crippen LogP contribution in [0.2, 0.25) is 0 Å². The lowest BCUT2D eigenvalue weighted by Crippen LogP contribution is -2.32. The molecular formula is C12H18N4S. The van der Waals surface area contributed by atoms with Crippen LogP contribution in [0, 0.1) is 0 Å². The van der Waals surface area contributed by atoms with E-state index in [1.807, 2.05) is 12.3 Å². The fraction of sp³-hybridized carbons (Fsp3) is 0.500. The monoisotopic (exact) mass is 250 g/mol. The molecule has 0 unspecified atom stereocenters. The summed E-state index contributed by atoms with van der Waals surface area (Å²) in [6.07, 6.45) is 8.68. The van der Waals surface area contributed by atoms with E-state index in [9.17, 15) is 0 Å². The molecule has 17 heavy (non-hydrogen) atoms. The average Bonchev–Trinajstić information content (AvgIpc) is 2.38. The third-order valence-electron chi connectivity index (χ3n) is 2.60. The zero-order chi connectivity index (χ0) is 11.9. The minimum absolute atomic E-state index is 0.852. The molecule has 92 valence electrons. The van der Waals surface area contributed by atoms with E-state index in [2.05, 4.69) is 26.9 Å². The Kier molecular flexibility index (Phi) is 4.67. The van der Waals surface area contributed by atoms with Gasteiger partial charge in [-0.1, -0.05) is 26.2 Å². The van der Waals surface area contributed by atoms with Gasteiger partial charge in [-0.05, 0) is 12.5 Å². The highest BCUT2D eigenvalue weighted by Gasteiger charge is 2.11. The molecule has 0 aromatic carbocycles. The van der Waals surface area contributed by atoms with Crippen LogP contribution in [0.3, 0.4) is 0 Å². The van der Waals surface area contributed by atoms with Crippen molar-refractivity contribution in [2.45, 2.75) is 37.5 Å². The van der Waals surface area contributed by atoms with Crippen molar-refractivity contribution in [1.29, 1.82) is 0 Å². The number of nitrogens with zero attached hydrogens (tertiary/aromatic N) is 2. The number of hydrogen-bond acceptors (Lipinski definition) is 5. The number of nitrogens with one attached hydrogen (secondary N) is 2. The molecule has 1 aliphatic rings.